The van der Waals surface area contributed by atoms with Crippen LogP contribution in [0.4, 0.5) is 5.69 Å². The zero-order valence-corrected chi connectivity index (χ0v) is 22.3. The quantitative estimate of drug-likeness (QED) is 0.233. The number of nitrogens with one attached hydrogen (secondary N) is 1. The van der Waals surface area contributed by atoms with Gasteiger partial charge in [-0.3, -0.25) is 14.2 Å². The molecule has 0 saturated carbocycles. The first-order chi connectivity index (χ1) is 17.5. The lowest BCUT2D eigenvalue weighted by atomic mass is 9.97. The zero-order valence-electron chi connectivity index (χ0n) is 20.7. The predicted molar refractivity (Wildman–Crippen MR) is 148 cm³/mol. The molecule has 36 heavy (non-hydrogen) atoms. The molecule has 0 fully saturated rings. The Hall–Kier alpha value is -3.10. The van der Waals surface area contributed by atoms with Crippen LogP contribution in [0.25, 0.3) is 15.9 Å². The smallest absolute Gasteiger partial charge is 0.267 e. The van der Waals surface area contributed by atoms with E-state index < -0.39 is 0 Å². The van der Waals surface area contributed by atoms with Crippen LogP contribution in [0.3, 0.4) is 0 Å². The third-order valence-corrected chi connectivity index (χ3v) is 8.60. The number of hydrogen-bond donors (Lipinski definition) is 1. The summed E-state index contributed by atoms with van der Waals surface area (Å²) in [6.07, 6.45) is 4.15. The van der Waals surface area contributed by atoms with Crippen LogP contribution < -0.4 is 15.6 Å². The van der Waals surface area contributed by atoms with E-state index in [0.29, 0.717) is 22.5 Å². The average molecular weight is 520 g/mol. The number of aryl methyl sites for hydroxylation is 2. The number of carbonyl (C=O) groups excluding carboxylic acids is 1. The Labute approximate surface area is 218 Å². The Morgan fingerprint density at radius 3 is 2.64 bits per heavy atom. The first-order valence-electron chi connectivity index (χ1n) is 12.2. The lowest BCUT2D eigenvalue weighted by Crippen LogP contribution is -2.23. The summed E-state index contributed by atoms with van der Waals surface area (Å²) in [6.45, 7) is 4.21. The van der Waals surface area contributed by atoms with E-state index in [2.05, 4.69) is 19.2 Å². The first kappa shape index (κ1) is 24.6. The van der Waals surface area contributed by atoms with Crippen molar-refractivity contribution in [3.63, 3.8) is 0 Å². The molecule has 2 heterocycles. The Morgan fingerprint density at radius 1 is 1.14 bits per heavy atom. The number of thiophene rings is 1. The van der Waals surface area contributed by atoms with Crippen LogP contribution in [-0.2, 0) is 17.6 Å². The van der Waals surface area contributed by atoms with Crippen molar-refractivity contribution in [2.45, 2.75) is 50.6 Å². The maximum atomic E-state index is 13.9. The number of ether oxygens (including phenoxy) is 1. The molecule has 1 aliphatic rings. The molecule has 0 bridgehead atoms. The van der Waals surface area contributed by atoms with Crippen molar-refractivity contribution in [1.82, 2.24) is 9.55 Å². The summed E-state index contributed by atoms with van der Waals surface area (Å²) in [7, 11) is 1.61. The summed E-state index contributed by atoms with van der Waals surface area (Å²) >= 11 is 2.91. The highest BCUT2D eigenvalue weighted by molar-refractivity contribution is 7.99. The molecule has 0 saturated heterocycles. The van der Waals surface area contributed by atoms with Crippen LogP contribution in [0.1, 0.15) is 48.6 Å². The Balaban J connectivity index is 1.50. The van der Waals surface area contributed by atoms with Gasteiger partial charge in [0.05, 0.1) is 23.9 Å². The van der Waals surface area contributed by atoms with Gasteiger partial charge >= 0.3 is 0 Å². The van der Waals surface area contributed by atoms with Crippen molar-refractivity contribution in [2.24, 2.45) is 0 Å². The maximum Gasteiger partial charge on any atom is 0.267 e. The molecule has 4 aromatic rings. The fourth-order valence-corrected chi connectivity index (χ4v) is 6.79. The standard InChI is InChI=1S/C28H29N3O3S2/c1-17(2)20-8-4-6-10-22(20)29-24(32)16-35-28-30-26-25(21-9-5-7-11-23(21)36-26)27(33)31(28)18-12-14-19(34-3)15-13-18/h4,6,8,10,12-15,17H,5,7,9,11,16H2,1-3H3,(H,29,32). The summed E-state index contributed by atoms with van der Waals surface area (Å²) in [5.41, 5.74) is 3.70. The van der Waals surface area contributed by atoms with Gasteiger partial charge in [-0.2, -0.15) is 0 Å². The van der Waals surface area contributed by atoms with Crippen molar-refractivity contribution in [3.05, 3.63) is 74.9 Å². The number of nitrogens with zero attached hydrogens (tertiary/aromatic N) is 2. The van der Waals surface area contributed by atoms with Gasteiger partial charge in [-0.15, -0.1) is 11.3 Å². The van der Waals surface area contributed by atoms with Gasteiger partial charge in [0, 0.05) is 10.6 Å². The molecule has 8 heteroatoms. The third kappa shape index (κ3) is 4.80. The number of rotatable bonds is 7. The SMILES string of the molecule is COc1ccc(-n2c(SCC(=O)Nc3ccccc3C(C)C)nc3sc4c(c3c2=O)CCCC4)cc1. The minimum atomic E-state index is -0.130. The van der Waals surface area contributed by atoms with Crippen LogP contribution >= 0.6 is 23.1 Å². The van der Waals surface area contributed by atoms with Gasteiger partial charge in [0.2, 0.25) is 5.91 Å². The minimum absolute atomic E-state index is 0.0716. The number of amides is 1. The van der Waals surface area contributed by atoms with Crippen LogP contribution in [0.2, 0.25) is 0 Å². The molecule has 1 aliphatic carbocycles. The van der Waals surface area contributed by atoms with E-state index in [1.807, 2.05) is 48.5 Å². The van der Waals surface area contributed by atoms with Gasteiger partial charge < -0.3 is 10.1 Å². The van der Waals surface area contributed by atoms with Crippen molar-refractivity contribution in [3.8, 4) is 11.4 Å². The summed E-state index contributed by atoms with van der Waals surface area (Å²) < 4.78 is 6.94. The molecular formula is C28H29N3O3S2. The fraction of sp³-hybridized carbons (Fsp3) is 0.321. The van der Waals surface area contributed by atoms with Gasteiger partial charge in [0.25, 0.3) is 5.56 Å². The second-order valence-corrected chi connectivity index (χ2v) is 11.2. The summed E-state index contributed by atoms with van der Waals surface area (Å²) in [5, 5.41) is 4.28. The fourth-order valence-electron chi connectivity index (χ4n) is 4.67. The first-order valence-corrected chi connectivity index (χ1v) is 14.0. The average Bonchev–Trinajstić information content (AvgIpc) is 3.26. The van der Waals surface area contributed by atoms with E-state index in [4.69, 9.17) is 9.72 Å². The lowest BCUT2D eigenvalue weighted by molar-refractivity contribution is -0.113. The number of fused-ring (bicyclic) bond motifs is 3. The second-order valence-electron chi connectivity index (χ2n) is 9.20. The number of benzene rings is 2. The molecule has 0 radical (unpaired) electrons. The van der Waals surface area contributed by atoms with Crippen molar-refractivity contribution >= 4 is 44.9 Å². The number of hydrogen-bond acceptors (Lipinski definition) is 6. The van der Waals surface area contributed by atoms with Gasteiger partial charge in [0.1, 0.15) is 10.6 Å². The topological polar surface area (TPSA) is 73.2 Å². The second kappa shape index (κ2) is 10.5. The van der Waals surface area contributed by atoms with E-state index in [1.165, 1.54) is 16.6 Å². The Morgan fingerprint density at radius 2 is 1.89 bits per heavy atom. The van der Waals surface area contributed by atoms with Crippen LogP contribution in [-0.4, -0.2) is 28.3 Å². The number of aromatic nitrogens is 2. The van der Waals surface area contributed by atoms with E-state index in [1.54, 1.807) is 23.0 Å². The molecule has 1 N–H and O–H groups in total. The molecule has 0 aliphatic heterocycles. The summed E-state index contributed by atoms with van der Waals surface area (Å²) in [5.74, 6) is 1.02. The molecule has 0 unspecified atom stereocenters. The third-order valence-electron chi connectivity index (χ3n) is 6.48. The number of carbonyl (C=O) groups is 1. The van der Waals surface area contributed by atoms with Gasteiger partial charge in [-0.25, -0.2) is 4.98 Å². The van der Waals surface area contributed by atoms with Crippen LogP contribution in [0, 0.1) is 0 Å². The van der Waals surface area contributed by atoms with Crippen molar-refractivity contribution in [2.75, 3.05) is 18.2 Å². The molecular weight excluding hydrogens is 490 g/mol. The Bertz CT molecular complexity index is 1470. The zero-order chi connectivity index (χ0) is 25.2. The number of para-hydroxylation sites is 1. The van der Waals surface area contributed by atoms with Crippen molar-refractivity contribution in [1.29, 1.82) is 0 Å². The number of thioether (sulfide) groups is 1. The Kier molecular flexibility index (Phi) is 7.16. The van der Waals surface area contributed by atoms with Crippen LogP contribution in [0.15, 0.2) is 58.5 Å². The van der Waals surface area contributed by atoms with Crippen LogP contribution in [0.5, 0.6) is 5.75 Å². The molecule has 2 aromatic heterocycles. The highest BCUT2D eigenvalue weighted by Crippen LogP contribution is 2.35. The predicted octanol–water partition coefficient (Wildman–Crippen LogP) is 6.19. The molecule has 1 amide bonds. The maximum absolute atomic E-state index is 13.9. The van der Waals surface area contributed by atoms with Gasteiger partial charge in [-0.1, -0.05) is 43.8 Å². The van der Waals surface area contributed by atoms with E-state index in [-0.39, 0.29) is 17.2 Å². The highest BCUT2D eigenvalue weighted by atomic mass is 32.2. The number of methoxy groups -OCH3 is 1. The molecule has 6 nitrogen and oxygen atoms in total. The van der Waals surface area contributed by atoms with Gasteiger partial charge in [0.15, 0.2) is 5.16 Å². The largest absolute Gasteiger partial charge is 0.497 e. The summed E-state index contributed by atoms with van der Waals surface area (Å²) in [4.78, 5) is 33.8. The van der Waals surface area contributed by atoms with E-state index in [0.717, 1.165) is 52.7 Å². The number of anilines is 1. The molecule has 186 valence electrons. The molecule has 2 aromatic carbocycles. The van der Waals surface area contributed by atoms with E-state index in [9.17, 15) is 9.59 Å². The van der Waals surface area contributed by atoms with Gasteiger partial charge in [-0.05, 0) is 73.1 Å². The monoisotopic (exact) mass is 519 g/mol. The van der Waals surface area contributed by atoms with Crippen molar-refractivity contribution < 1.29 is 9.53 Å². The molecule has 0 spiro atoms. The molecule has 0 atom stereocenters. The normalized spacial score (nSPS) is 13.1. The minimum Gasteiger partial charge on any atom is -0.497 e. The summed E-state index contributed by atoms with van der Waals surface area (Å²) in [6, 6.07) is 15.2. The highest BCUT2D eigenvalue weighted by Gasteiger charge is 2.23. The molecule has 5 rings (SSSR count). The lowest BCUT2D eigenvalue weighted by Gasteiger charge is -2.15. The van der Waals surface area contributed by atoms with E-state index >= 15 is 0 Å².